The van der Waals surface area contributed by atoms with E-state index in [0.29, 0.717) is 18.1 Å². The van der Waals surface area contributed by atoms with Gasteiger partial charge in [-0.3, -0.25) is 9.69 Å². The molecule has 1 N–H and O–H groups in total. The van der Waals surface area contributed by atoms with E-state index in [1.165, 1.54) is 0 Å². The quantitative estimate of drug-likeness (QED) is 0.442. The van der Waals surface area contributed by atoms with Gasteiger partial charge in [-0.05, 0) is 57.0 Å². The van der Waals surface area contributed by atoms with Crippen molar-refractivity contribution >= 4 is 5.91 Å². The largest absolute Gasteiger partial charge is 0.496 e. The normalized spacial score (nSPS) is 17.6. The van der Waals surface area contributed by atoms with Gasteiger partial charge in [0.2, 0.25) is 0 Å². The minimum atomic E-state index is -5.22. The maximum absolute atomic E-state index is 13.9. The summed E-state index contributed by atoms with van der Waals surface area (Å²) < 4.78 is 86.4. The summed E-state index contributed by atoms with van der Waals surface area (Å²) in [4.78, 5) is 15.6. The molecule has 2 aromatic rings. The number of carbonyl (C=O) groups is 1. The standard InChI is InChI=1S/C25H28F6N2O2/c1-4-23(2,33-12-8-9-13-33)21(16-10-6-5-7-11-16)32-22(34)20-18(25(29,30)31)14-17(24(26,27)28)15-19(20)35-3/h5-7,10-11,14-15,21H,4,8-9,12-13H2,1-3H3,(H,32,34). The molecule has 0 aromatic heterocycles. The van der Waals surface area contributed by atoms with Gasteiger partial charge >= 0.3 is 12.4 Å². The summed E-state index contributed by atoms with van der Waals surface area (Å²) in [7, 11) is 0.932. The highest BCUT2D eigenvalue weighted by atomic mass is 19.4. The summed E-state index contributed by atoms with van der Waals surface area (Å²) in [6.45, 7) is 5.40. The molecule has 4 nitrogen and oxygen atoms in total. The molecule has 0 spiro atoms. The van der Waals surface area contributed by atoms with E-state index in [1.807, 2.05) is 13.8 Å². The van der Waals surface area contributed by atoms with E-state index in [-0.39, 0.29) is 6.07 Å². The fourth-order valence-corrected chi connectivity index (χ4v) is 4.68. The number of nitrogens with one attached hydrogen (secondary N) is 1. The van der Waals surface area contributed by atoms with Crippen LogP contribution in [0.2, 0.25) is 0 Å². The van der Waals surface area contributed by atoms with Crippen LogP contribution >= 0.6 is 0 Å². The molecule has 0 bridgehead atoms. The number of ether oxygens (including phenoxy) is 1. The zero-order valence-electron chi connectivity index (χ0n) is 19.7. The smallest absolute Gasteiger partial charge is 0.417 e. The fourth-order valence-electron chi connectivity index (χ4n) is 4.68. The summed E-state index contributed by atoms with van der Waals surface area (Å²) in [6.07, 6.45) is -7.78. The number of hydrogen-bond donors (Lipinski definition) is 1. The van der Waals surface area contributed by atoms with Crippen molar-refractivity contribution < 1.29 is 35.9 Å². The summed E-state index contributed by atoms with van der Waals surface area (Å²) in [6, 6.07) is 8.47. The van der Waals surface area contributed by atoms with Crippen molar-refractivity contribution in [2.75, 3.05) is 20.2 Å². The molecule has 1 aliphatic rings. The fraction of sp³-hybridized carbons (Fsp3) is 0.480. The minimum absolute atomic E-state index is 0.0472. The molecule has 0 aliphatic carbocycles. The van der Waals surface area contributed by atoms with Gasteiger partial charge in [-0.2, -0.15) is 26.3 Å². The molecule has 35 heavy (non-hydrogen) atoms. The number of rotatable bonds is 7. The highest BCUT2D eigenvalue weighted by Crippen LogP contribution is 2.42. The Kier molecular flexibility index (Phi) is 7.74. The van der Waals surface area contributed by atoms with Crippen LogP contribution in [0.4, 0.5) is 26.3 Å². The van der Waals surface area contributed by atoms with Crippen LogP contribution in [-0.2, 0) is 12.4 Å². The maximum Gasteiger partial charge on any atom is 0.417 e. The average molecular weight is 502 g/mol. The first-order valence-corrected chi connectivity index (χ1v) is 11.3. The van der Waals surface area contributed by atoms with Crippen LogP contribution < -0.4 is 10.1 Å². The van der Waals surface area contributed by atoms with Crippen molar-refractivity contribution in [2.45, 2.75) is 57.0 Å². The van der Waals surface area contributed by atoms with Crippen molar-refractivity contribution in [1.29, 1.82) is 0 Å². The first-order valence-electron chi connectivity index (χ1n) is 11.3. The second-order valence-corrected chi connectivity index (χ2v) is 8.82. The summed E-state index contributed by atoms with van der Waals surface area (Å²) >= 11 is 0. The molecule has 1 amide bonds. The number of amides is 1. The van der Waals surface area contributed by atoms with Gasteiger partial charge in [-0.25, -0.2) is 0 Å². The zero-order valence-corrected chi connectivity index (χ0v) is 19.7. The number of benzene rings is 2. The molecule has 2 atom stereocenters. The van der Waals surface area contributed by atoms with Crippen LogP contribution in [0.1, 0.15) is 66.2 Å². The molecule has 3 rings (SSSR count). The van der Waals surface area contributed by atoms with E-state index in [1.54, 1.807) is 30.3 Å². The van der Waals surface area contributed by atoms with Crippen LogP contribution in [0.25, 0.3) is 0 Å². The first kappa shape index (κ1) is 26.8. The van der Waals surface area contributed by atoms with Crippen molar-refractivity contribution in [3.8, 4) is 5.75 Å². The van der Waals surface area contributed by atoms with Crippen LogP contribution in [0.3, 0.4) is 0 Å². The number of likely N-dealkylation sites (tertiary alicyclic amines) is 1. The van der Waals surface area contributed by atoms with E-state index in [9.17, 15) is 31.1 Å². The lowest BCUT2D eigenvalue weighted by Gasteiger charge is -2.45. The number of halogens is 6. The van der Waals surface area contributed by atoms with Crippen molar-refractivity contribution in [3.05, 3.63) is 64.7 Å². The molecule has 1 aliphatic heterocycles. The highest BCUT2D eigenvalue weighted by molar-refractivity contribution is 5.99. The summed E-state index contributed by atoms with van der Waals surface area (Å²) in [5.41, 5.74) is -4.20. The average Bonchev–Trinajstić information content (AvgIpc) is 3.36. The Morgan fingerprint density at radius 2 is 1.63 bits per heavy atom. The number of alkyl halides is 6. The number of carbonyl (C=O) groups excluding carboxylic acids is 1. The Labute approximate surface area is 200 Å². The number of methoxy groups -OCH3 is 1. The molecule has 0 saturated carbocycles. The second-order valence-electron chi connectivity index (χ2n) is 8.82. The monoisotopic (exact) mass is 502 g/mol. The predicted molar refractivity (Wildman–Crippen MR) is 119 cm³/mol. The lowest BCUT2D eigenvalue weighted by molar-refractivity contribution is -0.143. The van der Waals surface area contributed by atoms with E-state index in [4.69, 9.17) is 4.74 Å². The zero-order chi connectivity index (χ0) is 26.0. The lowest BCUT2D eigenvalue weighted by atomic mass is 9.82. The number of hydrogen-bond acceptors (Lipinski definition) is 3. The molecule has 1 fully saturated rings. The minimum Gasteiger partial charge on any atom is -0.496 e. The first-order chi connectivity index (χ1) is 16.3. The van der Waals surface area contributed by atoms with Gasteiger partial charge in [0.1, 0.15) is 5.75 Å². The van der Waals surface area contributed by atoms with Crippen LogP contribution in [0.5, 0.6) is 5.75 Å². The van der Waals surface area contributed by atoms with Gasteiger partial charge in [0.05, 0.1) is 29.8 Å². The summed E-state index contributed by atoms with van der Waals surface area (Å²) in [5, 5.41) is 2.72. The molecule has 0 radical (unpaired) electrons. The Bertz CT molecular complexity index is 1030. The Hall–Kier alpha value is -2.75. The van der Waals surface area contributed by atoms with Gasteiger partial charge in [-0.15, -0.1) is 0 Å². The van der Waals surface area contributed by atoms with E-state index in [2.05, 4.69) is 10.2 Å². The van der Waals surface area contributed by atoms with Crippen molar-refractivity contribution in [1.82, 2.24) is 10.2 Å². The highest BCUT2D eigenvalue weighted by Gasteiger charge is 2.45. The summed E-state index contributed by atoms with van der Waals surface area (Å²) in [5.74, 6) is -1.95. The molecule has 192 valence electrons. The molecule has 2 aromatic carbocycles. The number of nitrogens with zero attached hydrogens (tertiary/aromatic N) is 1. The van der Waals surface area contributed by atoms with Crippen LogP contribution in [0.15, 0.2) is 42.5 Å². The predicted octanol–water partition coefficient (Wildman–Crippen LogP) is 6.47. The maximum atomic E-state index is 13.9. The molecule has 1 saturated heterocycles. The van der Waals surface area contributed by atoms with Crippen LogP contribution in [0, 0.1) is 0 Å². The Balaban J connectivity index is 2.14. The van der Waals surface area contributed by atoms with Crippen molar-refractivity contribution in [2.24, 2.45) is 0 Å². The van der Waals surface area contributed by atoms with Crippen molar-refractivity contribution in [3.63, 3.8) is 0 Å². The molecule has 2 unspecified atom stereocenters. The third kappa shape index (κ3) is 5.58. The molecular weight excluding hydrogens is 474 g/mol. The SMILES string of the molecule is CCC(C)(C(NC(=O)c1c(OC)cc(C(F)(F)F)cc1C(F)(F)F)c1ccccc1)N1CCCC1. The van der Waals surface area contributed by atoms with Gasteiger partial charge in [0.15, 0.2) is 0 Å². The van der Waals surface area contributed by atoms with E-state index in [0.717, 1.165) is 33.0 Å². The van der Waals surface area contributed by atoms with E-state index < -0.39 is 52.3 Å². The van der Waals surface area contributed by atoms with Gasteiger partial charge in [0, 0.05) is 5.54 Å². The molecule has 10 heteroatoms. The molecule has 1 heterocycles. The van der Waals surface area contributed by atoms with E-state index >= 15 is 0 Å². The Morgan fingerprint density at radius 1 is 1.03 bits per heavy atom. The van der Waals surface area contributed by atoms with Gasteiger partial charge in [0.25, 0.3) is 5.91 Å². The third-order valence-corrected chi connectivity index (χ3v) is 6.76. The van der Waals surface area contributed by atoms with Gasteiger partial charge < -0.3 is 10.1 Å². The third-order valence-electron chi connectivity index (χ3n) is 6.76. The Morgan fingerprint density at radius 3 is 2.11 bits per heavy atom. The topological polar surface area (TPSA) is 41.6 Å². The second kappa shape index (κ2) is 10.1. The lowest BCUT2D eigenvalue weighted by Crippen LogP contribution is -2.54. The van der Waals surface area contributed by atoms with Gasteiger partial charge in [-0.1, -0.05) is 37.3 Å². The van der Waals surface area contributed by atoms with Crippen LogP contribution in [-0.4, -0.2) is 36.5 Å². The molecular formula is C25H28F6N2O2.